The molecule has 0 atom stereocenters. The number of halogens is 3. The zero-order chi connectivity index (χ0) is 15.0. The molecule has 0 radical (unpaired) electrons. The van der Waals surface area contributed by atoms with Crippen molar-refractivity contribution in [2.24, 2.45) is 0 Å². The van der Waals surface area contributed by atoms with E-state index in [1.165, 1.54) is 0 Å². The molecule has 0 aliphatic carbocycles. The topological polar surface area (TPSA) is 129 Å². The van der Waals surface area contributed by atoms with Gasteiger partial charge in [0.05, 0.1) is 0 Å². The fourth-order valence-electron chi connectivity index (χ4n) is 1.28. The van der Waals surface area contributed by atoms with Crippen molar-refractivity contribution >= 4 is 0 Å². The van der Waals surface area contributed by atoms with Gasteiger partial charge in [0.25, 0.3) is 0 Å². The number of nitrogens with zero attached hydrogens (tertiary/aromatic N) is 3. The van der Waals surface area contributed by atoms with E-state index in [0.717, 1.165) is 0 Å². The molecule has 0 fully saturated rings. The smallest absolute Gasteiger partial charge is 0.252 e. The van der Waals surface area contributed by atoms with Crippen molar-refractivity contribution in [3.63, 3.8) is 0 Å². The van der Waals surface area contributed by atoms with Gasteiger partial charge in [-0.1, -0.05) is 0 Å². The molecule has 12 heteroatoms. The van der Waals surface area contributed by atoms with Crippen molar-refractivity contribution in [1.82, 2.24) is 0 Å². The average Bonchev–Trinajstić information content (AvgIpc) is 2.28. The highest BCUT2D eigenvalue weighted by Crippen LogP contribution is 2.30. The van der Waals surface area contributed by atoms with Gasteiger partial charge in [0.2, 0.25) is 5.56 Å². The van der Waals surface area contributed by atoms with E-state index in [1.54, 1.807) is 0 Å². The molecule has 0 N–H and O–H groups in total. The summed E-state index contributed by atoms with van der Waals surface area (Å²) in [4.78, 5) is 25.7. The van der Waals surface area contributed by atoms with E-state index in [9.17, 15) is 43.5 Å². The van der Waals surface area contributed by atoms with Crippen LogP contribution in [0.15, 0.2) is 12.1 Å². The lowest BCUT2D eigenvalue weighted by atomic mass is 10.1. The summed E-state index contributed by atoms with van der Waals surface area (Å²) in [5.41, 5.74) is -1.81. The summed E-state index contributed by atoms with van der Waals surface area (Å²) in [6.45, 7) is 0. The van der Waals surface area contributed by atoms with E-state index >= 15 is 0 Å². The second kappa shape index (κ2) is 4.47. The summed E-state index contributed by atoms with van der Waals surface area (Å²) >= 11 is 0. The number of rotatable bonds is 4. The standard InChI is InChI=1S/C7H2F3N3O6/c8-4-2-1-3(5(9)6(4)10)7(11(14)15,12(16)17)13(18)19/h1-2H. The van der Waals surface area contributed by atoms with Crippen LogP contribution in [0.2, 0.25) is 0 Å². The van der Waals surface area contributed by atoms with E-state index < -0.39 is 43.6 Å². The summed E-state index contributed by atoms with van der Waals surface area (Å²) < 4.78 is 38.8. The van der Waals surface area contributed by atoms with Crippen LogP contribution in [0.1, 0.15) is 5.56 Å². The molecule has 0 unspecified atom stereocenters. The van der Waals surface area contributed by atoms with Crippen LogP contribution in [-0.4, -0.2) is 14.8 Å². The third kappa shape index (κ3) is 1.82. The van der Waals surface area contributed by atoms with E-state index in [1.807, 2.05) is 0 Å². The van der Waals surface area contributed by atoms with Crippen LogP contribution in [0.4, 0.5) is 13.2 Å². The first kappa shape index (κ1) is 14.3. The SMILES string of the molecule is O=[N+]([O-])C(c1ccc(F)c(F)c1F)([N+](=O)[O-])[N+](=O)[O-]. The molecule has 0 bridgehead atoms. The molecular formula is C7H2F3N3O6. The largest absolute Gasteiger partial charge is 0.731 e. The minimum absolute atomic E-state index is 0.0716. The molecule has 19 heavy (non-hydrogen) atoms. The van der Waals surface area contributed by atoms with Crippen molar-refractivity contribution in [1.29, 1.82) is 0 Å². The quantitative estimate of drug-likeness (QED) is 0.351. The molecule has 0 aromatic heterocycles. The van der Waals surface area contributed by atoms with Crippen molar-refractivity contribution in [3.8, 4) is 0 Å². The molecule has 1 aromatic rings. The first-order chi connectivity index (χ1) is 8.67. The van der Waals surface area contributed by atoms with Gasteiger partial charge in [0.15, 0.2) is 32.2 Å². The van der Waals surface area contributed by atoms with Crippen molar-refractivity contribution in [2.75, 3.05) is 0 Å². The van der Waals surface area contributed by atoms with E-state index in [0.29, 0.717) is 0 Å². The number of hydrogen-bond acceptors (Lipinski definition) is 6. The Morgan fingerprint density at radius 2 is 1.26 bits per heavy atom. The summed E-state index contributed by atoms with van der Waals surface area (Å²) in [6, 6.07) is 0.182. The predicted molar refractivity (Wildman–Crippen MR) is 49.0 cm³/mol. The van der Waals surface area contributed by atoms with Crippen molar-refractivity contribution < 1.29 is 27.9 Å². The maximum Gasteiger partial charge on any atom is 0.731 e. The van der Waals surface area contributed by atoms with Gasteiger partial charge in [-0.25, -0.2) is 13.2 Å². The van der Waals surface area contributed by atoms with Gasteiger partial charge in [-0.2, -0.15) is 0 Å². The zero-order valence-electron chi connectivity index (χ0n) is 8.58. The summed E-state index contributed by atoms with van der Waals surface area (Å²) in [5, 5.41) is 31.8. The molecule has 0 aliphatic rings. The van der Waals surface area contributed by atoms with Crippen LogP contribution >= 0.6 is 0 Å². The lowest BCUT2D eigenvalue weighted by Gasteiger charge is -2.09. The lowest BCUT2D eigenvalue weighted by molar-refractivity contribution is -0.986. The first-order valence-corrected chi connectivity index (χ1v) is 4.24. The lowest BCUT2D eigenvalue weighted by Crippen LogP contribution is -2.50. The van der Waals surface area contributed by atoms with Crippen molar-refractivity contribution in [2.45, 2.75) is 5.79 Å². The number of hydrogen-bond donors (Lipinski definition) is 0. The normalized spacial score (nSPS) is 11.1. The summed E-state index contributed by atoms with van der Waals surface area (Å²) in [7, 11) is 0. The van der Waals surface area contributed by atoms with Gasteiger partial charge in [-0.05, 0) is 12.1 Å². The molecule has 0 heterocycles. The van der Waals surface area contributed by atoms with E-state index in [-0.39, 0.29) is 12.1 Å². The Balaban J connectivity index is 3.79. The van der Waals surface area contributed by atoms with Crippen LogP contribution in [-0.2, 0) is 5.79 Å². The second-order valence-corrected chi connectivity index (χ2v) is 3.13. The molecule has 1 rings (SSSR count). The highest BCUT2D eigenvalue weighted by atomic mass is 19.2. The Hall–Kier alpha value is -2.79. The molecule has 0 amide bonds. The average molecular weight is 281 g/mol. The van der Waals surface area contributed by atoms with Gasteiger partial charge in [-0.3, -0.25) is 30.3 Å². The first-order valence-electron chi connectivity index (χ1n) is 4.24. The number of benzene rings is 1. The highest BCUT2D eigenvalue weighted by Gasteiger charge is 2.74. The third-order valence-electron chi connectivity index (χ3n) is 2.16. The molecular weight excluding hydrogens is 279 g/mol. The molecule has 0 aliphatic heterocycles. The molecule has 9 nitrogen and oxygen atoms in total. The number of nitro groups is 3. The summed E-state index contributed by atoms with van der Waals surface area (Å²) in [5.74, 6) is -10.8. The monoisotopic (exact) mass is 281 g/mol. The van der Waals surface area contributed by atoms with Gasteiger partial charge < -0.3 is 0 Å². The van der Waals surface area contributed by atoms with Crippen LogP contribution in [0.5, 0.6) is 0 Å². The zero-order valence-corrected chi connectivity index (χ0v) is 8.58. The molecule has 0 spiro atoms. The van der Waals surface area contributed by atoms with Gasteiger partial charge in [-0.15, -0.1) is 0 Å². The Kier molecular flexibility index (Phi) is 3.36. The van der Waals surface area contributed by atoms with Crippen molar-refractivity contribution in [3.05, 3.63) is 65.5 Å². The Morgan fingerprint density at radius 3 is 1.63 bits per heavy atom. The van der Waals surface area contributed by atoms with Crippen LogP contribution < -0.4 is 0 Å². The van der Waals surface area contributed by atoms with Crippen LogP contribution in [0.3, 0.4) is 0 Å². The third-order valence-corrected chi connectivity index (χ3v) is 2.16. The van der Waals surface area contributed by atoms with Crippen LogP contribution in [0.25, 0.3) is 0 Å². The van der Waals surface area contributed by atoms with Gasteiger partial charge in [0.1, 0.15) is 0 Å². The van der Waals surface area contributed by atoms with E-state index in [4.69, 9.17) is 0 Å². The minimum atomic E-state index is -4.35. The fraction of sp³-hybridized carbons (Fsp3) is 0.143. The van der Waals surface area contributed by atoms with Crippen LogP contribution in [0, 0.1) is 47.8 Å². The maximum absolute atomic E-state index is 13.3. The van der Waals surface area contributed by atoms with E-state index in [2.05, 4.69) is 0 Å². The second-order valence-electron chi connectivity index (χ2n) is 3.13. The highest BCUT2D eigenvalue weighted by molar-refractivity contribution is 5.22. The Labute approximate surface area is 100 Å². The molecule has 102 valence electrons. The predicted octanol–water partition coefficient (Wildman–Crippen LogP) is 1.04. The summed E-state index contributed by atoms with van der Waals surface area (Å²) in [6.07, 6.45) is 0. The maximum atomic E-state index is 13.3. The molecule has 0 saturated heterocycles. The van der Waals surface area contributed by atoms with Gasteiger partial charge in [0, 0.05) is 0 Å². The molecule has 1 aromatic carbocycles. The van der Waals surface area contributed by atoms with Gasteiger partial charge >= 0.3 is 5.79 Å². The Bertz CT molecular complexity index is 556. The Morgan fingerprint density at radius 1 is 0.842 bits per heavy atom. The molecule has 0 saturated carbocycles. The fourth-order valence-corrected chi connectivity index (χ4v) is 1.28. The minimum Gasteiger partial charge on any atom is -0.252 e.